The molecule has 0 fully saturated rings. The van der Waals surface area contributed by atoms with Crippen LogP contribution in [0.2, 0.25) is 0 Å². The Bertz CT molecular complexity index is 617. The van der Waals surface area contributed by atoms with E-state index in [0.29, 0.717) is 25.8 Å². The summed E-state index contributed by atoms with van der Waals surface area (Å²) < 4.78 is 30.7. The first-order valence-electron chi connectivity index (χ1n) is 8.40. The Morgan fingerprint density at radius 2 is 1.73 bits per heavy atom. The van der Waals surface area contributed by atoms with Crippen molar-refractivity contribution in [3.05, 3.63) is 35.4 Å². The summed E-state index contributed by atoms with van der Waals surface area (Å²) in [5.41, 5.74) is 0.193. The Morgan fingerprint density at radius 1 is 1.08 bits per heavy atom. The Hall–Kier alpha value is -2.51. The van der Waals surface area contributed by atoms with Crippen LogP contribution in [0, 0.1) is 11.6 Å². The van der Waals surface area contributed by atoms with E-state index in [0.717, 1.165) is 24.6 Å². The van der Waals surface area contributed by atoms with Crippen LogP contribution < -0.4 is 10.6 Å². The van der Waals surface area contributed by atoms with Crippen molar-refractivity contribution in [1.29, 1.82) is 0 Å². The summed E-state index contributed by atoms with van der Waals surface area (Å²) in [6.45, 7) is 1.95. The minimum atomic E-state index is -0.768. The number of hydrogen-bond acceptors (Lipinski definition) is 4. The van der Waals surface area contributed by atoms with Gasteiger partial charge in [-0.05, 0) is 37.5 Å². The Balaban J connectivity index is 2.26. The van der Waals surface area contributed by atoms with Gasteiger partial charge in [-0.15, -0.1) is 0 Å². The largest absolute Gasteiger partial charge is 0.469 e. The second-order valence-corrected chi connectivity index (χ2v) is 5.92. The molecule has 0 bridgehead atoms. The average molecular weight is 370 g/mol. The first-order chi connectivity index (χ1) is 12.3. The highest BCUT2D eigenvalue weighted by Gasteiger charge is 2.15. The van der Waals surface area contributed by atoms with Crippen molar-refractivity contribution >= 4 is 17.8 Å². The highest BCUT2D eigenvalue weighted by atomic mass is 19.1. The van der Waals surface area contributed by atoms with Crippen molar-refractivity contribution < 1.29 is 27.9 Å². The highest BCUT2D eigenvalue weighted by molar-refractivity contribution is 5.88. The van der Waals surface area contributed by atoms with Crippen molar-refractivity contribution in [3.63, 3.8) is 0 Å². The van der Waals surface area contributed by atoms with E-state index in [2.05, 4.69) is 15.4 Å². The number of rotatable bonds is 10. The van der Waals surface area contributed by atoms with Crippen molar-refractivity contribution in [2.45, 2.75) is 45.1 Å². The molecule has 2 N–H and O–H groups in total. The molecule has 0 radical (unpaired) electrons. The van der Waals surface area contributed by atoms with Gasteiger partial charge in [-0.2, -0.15) is 0 Å². The van der Waals surface area contributed by atoms with E-state index < -0.39 is 23.6 Å². The van der Waals surface area contributed by atoms with Gasteiger partial charge in [-0.3, -0.25) is 14.4 Å². The highest BCUT2D eigenvalue weighted by Crippen LogP contribution is 2.08. The molecule has 144 valence electrons. The topological polar surface area (TPSA) is 84.5 Å². The summed E-state index contributed by atoms with van der Waals surface area (Å²) in [6.07, 6.45) is 2.27. The fraction of sp³-hybridized carbons (Fsp3) is 0.500. The molecule has 0 saturated carbocycles. The summed E-state index contributed by atoms with van der Waals surface area (Å²) in [5, 5.41) is 5.17. The zero-order valence-corrected chi connectivity index (χ0v) is 14.9. The maximum Gasteiger partial charge on any atom is 0.305 e. The zero-order valence-electron chi connectivity index (χ0n) is 14.9. The number of unbranched alkanes of at least 4 members (excludes halogenated alkanes) is 2. The minimum absolute atomic E-state index is 0.193. The number of carbonyl (C=O) groups is 3. The average Bonchev–Trinajstić information content (AvgIpc) is 2.56. The quantitative estimate of drug-likeness (QED) is 0.486. The molecule has 0 unspecified atom stereocenters. The first-order valence-corrected chi connectivity index (χ1v) is 8.40. The van der Waals surface area contributed by atoms with Crippen LogP contribution in [0.5, 0.6) is 0 Å². The van der Waals surface area contributed by atoms with Crippen LogP contribution in [0.25, 0.3) is 0 Å². The molecule has 1 atom stereocenters. The Kier molecular flexibility index (Phi) is 9.25. The van der Waals surface area contributed by atoms with Gasteiger partial charge in [0.2, 0.25) is 11.8 Å². The lowest BCUT2D eigenvalue weighted by atomic mass is 10.1. The Morgan fingerprint density at radius 3 is 2.35 bits per heavy atom. The SMILES string of the molecule is COC(=O)CCCCCNC(=O)[C@H](C)NC(=O)Cc1cc(F)cc(F)c1. The fourth-order valence-corrected chi connectivity index (χ4v) is 2.29. The van der Waals surface area contributed by atoms with Crippen LogP contribution in [-0.2, 0) is 25.5 Å². The predicted octanol–water partition coefficient (Wildman–Crippen LogP) is 1.86. The van der Waals surface area contributed by atoms with Crippen molar-refractivity contribution in [2.75, 3.05) is 13.7 Å². The lowest BCUT2D eigenvalue weighted by Crippen LogP contribution is -2.45. The van der Waals surface area contributed by atoms with Gasteiger partial charge in [-0.25, -0.2) is 8.78 Å². The zero-order chi connectivity index (χ0) is 19.5. The van der Waals surface area contributed by atoms with Crippen LogP contribution in [0.1, 0.15) is 38.2 Å². The van der Waals surface area contributed by atoms with Gasteiger partial charge in [0, 0.05) is 19.0 Å². The number of nitrogens with one attached hydrogen (secondary N) is 2. The second-order valence-electron chi connectivity index (χ2n) is 5.92. The van der Waals surface area contributed by atoms with E-state index in [1.165, 1.54) is 14.0 Å². The van der Waals surface area contributed by atoms with Crippen LogP contribution >= 0.6 is 0 Å². The summed E-state index contributed by atoms with van der Waals surface area (Å²) in [7, 11) is 1.34. The second kappa shape index (κ2) is 11.2. The molecule has 0 aromatic heterocycles. The number of hydrogen-bond donors (Lipinski definition) is 2. The van der Waals surface area contributed by atoms with Gasteiger partial charge in [0.25, 0.3) is 0 Å². The smallest absolute Gasteiger partial charge is 0.305 e. The van der Waals surface area contributed by atoms with E-state index in [1.807, 2.05) is 0 Å². The summed E-state index contributed by atoms with van der Waals surface area (Å²) in [6, 6.07) is 2.10. The van der Waals surface area contributed by atoms with Gasteiger partial charge < -0.3 is 15.4 Å². The maximum absolute atomic E-state index is 13.1. The number of benzene rings is 1. The molecule has 0 aliphatic rings. The van der Waals surface area contributed by atoms with Crippen LogP contribution in [0.3, 0.4) is 0 Å². The van der Waals surface area contributed by atoms with Crippen LogP contribution in [0.4, 0.5) is 8.78 Å². The Labute approximate surface area is 151 Å². The van der Waals surface area contributed by atoms with Crippen molar-refractivity contribution in [2.24, 2.45) is 0 Å². The van der Waals surface area contributed by atoms with E-state index in [9.17, 15) is 23.2 Å². The predicted molar refractivity (Wildman–Crippen MR) is 91.2 cm³/mol. The lowest BCUT2D eigenvalue weighted by molar-refractivity contribution is -0.140. The third-order valence-corrected chi connectivity index (χ3v) is 3.64. The molecule has 1 rings (SSSR count). The molecule has 6 nitrogen and oxygen atoms in total. The molecule has 0 heterocycles. The van der Waals surface area contributed by atoms with Crippen LogP contribution in [0.15, 0.2) is 18.2 Å². The van der Waals surface area contributed by atoms with E-state index >= 15 is 0 Å². The van der Waals surface area contributed by atoms with Gasteiger partial charge in [0.15, 0.2) is 0 Å². The molecular weight excluding hydrogens is 346 g/mol. The molecule has 2 amide bonds. The number of esters is 1. The summed E-state index contributed by atoms with van der Waals surface area (Å²) in [4.78, 5) is 34.7. The van der Waals surface area contributed by atoms with Gasteiger partial charge in [0.05, 0.1) is 13.5 Å². The molecule has 0 aliphatic carbocycles. The number of carbonyl (C=O) groups excluding carboxylic acids is 3. The van der Waals surface area contributed by atoms with Gasteiger partial charge in [-0.1, -0.05) is 6.42 Å². The standard InChI is InChI=1S/C18H24F2N2O4/c1-12(18(25)21-7-5-3-4-6-17(24)26-2)22-16(23)10-13-8-14(19)11-15(20)9-13/h8-9,11-12H,3-7,10H2,1-2H3,(H,21,25)(H,22,23)/t12-/m0/s1. The van der Waals surface area contributed by atoms with Gasteiger partial charge in [0.1, 0.15) is 17.7 Å². The number of ether oxygens (including phenoxy) is 1. The lowest BCUT2D eigenvalue weighted by Gasteiger charge is -2.14. The molecular formula is C18H24F2N2O4. The molecule has 1 aromatic carbocycles. The molecule has 0 aliphatic heterocycles. The van der Waals surface area contributed by atoms with Crippen molar-refractivity contribution in [1.82, 2.24) is 10.6 Å². The third-order valence-electron chi connectivity index (χ3n) is 3.64. The maximum atomic E-state index is 13.1. The molecule has 8 heteroatoms. The van der Waals surface area contributed by atoms with Crippen molar-refractivity contribution in [3.8, 4) is 0 Å². The van der Waals surface area contributed by atoms with E-state index in [4.69, 9.17) is 0 Å². The number of methoxy groups -OCH3 is 1. The third kappa shape index (κ3) is 8.55. The minimum Gasteiger partial charge on any atom is -0.469 e. The number of amides is 2. The molecule has 26 heavy (non-hydrogen) atoms. The monoisotopic (exact) mass is 370 g/mol. The molecule has 0 saturated heterocycles. The molecule has 1 aromatic rings. The number of halogens is 2. The normalized spacial score (nSPS) is 11.5. The molecule has 0 spiro atoms. The fourth-order valence-electron chi connectivity index (χ4n) is 2.29. The first kappa shape index (κ1) is 21.5. The summed E-state index contributed by atoms with van der Waals surface area (Å²) in [5.74, 6) is -2.63. The summed E-state index contributed by atoms with van der Waals surface area (Å²) >= 11 is 0. The van der Waals surface area contributed by atoms with Gasteiger partial charge >= 0.3 is 5.97 Å². The van der Waals surface area contributed by atoms with E-state index in [-0.39, 0.29) is 23.9 Å². The van der Waals surface area contributed by atoms with E-state index in [1.54, 1.807) is 0 Å². The van der Waals surface area contributed by atoms with Crippen LogP contribution in [-0.4, -0.2) is 37.5 Å².